The summed E-state index contributed by atoms with van der Waals surface area (Å²) in [6, 6.07) is 0. The molecule has 0 aromatic rings. The molecule has 0 aromatic heterocycles. The van der Waals surface area contributed by atoms with Crippen molar-refractivity contribution in [3.8, 4) is 0 Å². The van der Waals surface area contributed by atoms with E-state index in [-0.39, 0.29) is 0 Å². The summed E-state index contributed by atoms with van der Waals surface area (Å²) in [7, 11) is 1.64. The molecule has 0 heterocycles. The maximum atomic E-state index is 5.27. The Kier molecular flexibility index (Phi) is 14.7. The summed E-state index contributed by atoms with van der Waals surface area (Å²) in [6.45, 7) is 12.0. The summed E-state index contributed by atoms with van der Waals surface area (Å²) < 4.78 is 10.1. The molecule has 0 fully saturated rings. The van der Waals surface area contributed by atoms with Gasteiger partial charge in [0.25, 0.3) is 0 Å². The number of hydrogen-bond donors (Lipinski definition) is 0. The highest BCUT2D eigenvalue weighted by atomic mass is 16.7. The molecule has 0 aliphatic carbocycles. The molecule has 24 heavy (non-hydrogen) atoms. The maximum Gasteiger partial charge on any atom is 0.146 e. The maximum absolute atomic E-state index is 5.27. The second kappa shape index (κ2) is 15.4. The highest BCUT2D eigenvalue weighted by Gasteiger charge is 1.93. The van der Waals surface area contributed by atoms with Gasteiger partial charge in [-0.1, -0.05) is 46.6 Å². The topological polar surface area (TPSA) is 18.5 Å². The van der Waals surface area contributed by atoms with Crippen LogP contribution in [0.25, 0.3) is 0 Å². The van der Waals surface area contributed by atoms with Gasteiger partial charge in [0, 0.05) is 7.11 Å². The monoisotopic (exact) mass is 334 g/mol. The molecular weight excluding hydrogens is 296 g/mol. The SMILES string of the molecule is COCOC/C=C(\C)CC/C=C(\C)CC/C=C(\C)CCC=C(C)C. The van der Waals surface area contributed by atoms with Gasteiger partial charge in [-0.3, -0.25) is 0 Å². The Balaban J connectivity index is 3.92. The number of rotatable bonds is 13. The number of allylic oxidation sites excluding steroid dienone is 7. The van der Waals surface area contributed by atoms with Crippen molar-refractivity contribution in [2.45, 2.75) is 73.1 Å². The highest BCUT2D eigenvalue weighted by Crippen LogP contribution is 2.13. The van der Waals surface area contributed by atoms with Crippen LogP contribution in [0.15, 0.2) is 46.6 Å². The molecule has 2 heteroatoms. The summed E-state index contributed by atoms with van der Waals surface area (Å²) in [5, 5.41) is 0. The molecule has 0 saturated carbocycles. The lowest BCUT2D eigenvalue weighted by atomic mass is 10.0. The van der Waals surface area contributed by atoms with Gasteiger partial charge in [0.1, 0.15) is 6.79 Å². The van der Waals surface area contributed by atoms with Crippen molar-refractivity contribution in [1.82, 2.24) is 0 Å². The molecule has 0 N–H and O–H groups in total. The quantitative estimate of drug-likeness (QED) is 0.211. The van der Waals surface area contributed by atoms with Crippen molar-refractivity contribution in [2.75, 3.05) is 20.5 Å². The van der Waals surface area contributed by atoms with E-state index in [1.165, 1.54) is 41.6 Å². The minimum atomic E-state index is 0.365. The van der Waals surface area contributed by atoms with Gasteiger partial charge in [0.15, 0.2) is 0 Å². The van der Waals surface area contributed by atoms with E-state index in [1.807, 2.05) is 0 Å². The van der Waals surface area contributed by atoms with E-state index in [1.54, 1.807) is 7.11 Å². The molecule has 138 valence electrons. The van der Waals surface area contributed by atoms with Crippen LogP contribution in [0, 0.1) is 0 Å². The summed E-state index contributed by atoms with van der Waals surface area (Å²) in [5.74, 6) is 0. The highest BCUT2D eigenvalue weighted by molar-refractivity contribution is 5.07. The van der Waals surface area contributed by atoms with Crippen molar-refractivity contribution in [3.63, 3.8) is 0 Å². The smallest absolute Gasteiger partial charge is 0.146 e. The van der Waals surface area contributed by atoms with Crippen LogP contribution in [0.5, 0.6) is 0 Å². The average Bonchev–Trinajstić information content (AvgIpc) is 2.51. The van der Waals surface area contributed by atoms with E-state index in [2.05, 4.69) is 58.9 Å². The first-order chi connectivity index (χ1) is 11.5. The molecule has 0 spiro atoms. The van der Waals surface area contributed by atoms with E-state index in [0.717, 1.165) is 19.3 Å². The van der Waals surface area contributed by atoms with Crippen molar-refractivity contribution in [2.24, 2.45) is 0 Å². The Morgan fingerprint density at radius 2 is 1.12 bits per heavy atom. The number of ether oxygens (including phenoxy) is 2. The molecule has 0 rings (SSSR count). The van der Waals surface area contributed by atoms with Gasteiger partial charge < -0.3 is 9.47 Å². The number of hydrogen-bond acceptors (Lipinski definition) is 2. The van der Waals surface area contributed by atoms with Gasteiger partial charge in [-0.2, -0.15) is 0 Å². The Bertz CT molecular complexity index is 435. The third-order valence-corrected chi connectivity index (χ3v) is 3.91. The third kappa shape index (κ3) is 15.8. The molecule has 2 nitrogen and oxygen atoms in total. The van der Waals surface area contributed by atoms with Gasteiger partial charge in [-0.15, -0.1) is 0 Å². The predicted octanol–water partition coefficient (Wildman–Crippen LogP) is 6.75. The van der Waals surface area contributed by atoms with Crippen molar-refractivity contribution in [3.05, 3.63) is 46.6 Å². The van der Waals surface area contributed by atoms with Crippen molar-refractivity contribution in [1.29, 1.82) is 0 Å². The predicted molar refractivity (Wildman–Crippen MR) is 106 cm³/mol. The van der Waals surface area contributed by atoms with Gasteiger partial charge in [-0.05, 0) is 73.1 Å². The average molecular weight is 335 g/mol. The first-order valence-corrected chi connectivity index (χ1v) is 9.12. The van der Waals surface area contributed by atoms with Crippen LogP contribution in [-0.4, -0.2) is 20.5 Å². The fraction of sp³-hybridized carbons (Fsp3) is 0.636. The fourth-order valence-electron chi connectivity index (χ4n) is 2.32. The Labute approximate surface area is 150 Å². The first kappa shape index (κ1) is 22.9. The second-order valence-corrected chi connectivity index (χ2v) is 6.83. The molecular formula is C22H38O2. The minimum Gasteiger partial charge on any atom is -0.359 e. The summed E-state index contributed by atoms with van der Waals surface area (Å²) in [5.41, 5.74) is 5.79. The fourth-order valence-corrected chi connectivity index (χ4v) is 2.32. The molecule has 0 aromatic carbocycles. The zero-order valence-corrected chi connectivity index (χ0v) is 16.8. The Hall–Kier alpha value is -1.12. The lowest BCUT2D eigenvalue weighted by Crippen LogP contribution is -1.96. The molecule has 0 unspecified atom stereocenters. The summed E-state index contributed by atoms with van der Waals surface area (Å²) in [6.07, 6.45) is 16.1. The number of methoxy groups -OCH3 is 1. The van der Waals surface area contributed by atoms with Crippen LogP contribution >= 0.6 is 0 Å². The second-order valence-electron chi connectivity index (χ2n) is 6.83. The molecule has 0 atom stereocenters. The normalized spacial score (nSPS) is 13.3. The van der Waals surface area contributed by atoms with Crippen LogP contribution in [0.1, 0.15) is 73.1 Å². The Morgan fingerprint density at radius 1 is 0.667 bits per heavy atom. The van der Waals surface area contributed by atoms with Gasteiger partial charge in [0.2, 0.25) is 0 Å². The molecule has 0 radical (unpaired) electrons. The third-order valence-electron chi connectivity index (χ3n) is 3.91. The van der Waals surface area contributed by atoms with Gasteiger partial charge in [-0.25, -0.2) is 0 Å². The lowest BCUT2D eigenvalue weighted by molar-refractivity contribution is -0.0188. The molecule has 0 amide bonds. The molecule has 0 aliphatic heterocycles. The van der Waals surface area contributed by atoms with E-state index in [4.69, 9.17) is 9.47 Å². The minimum absolute atomic E-state index is 0.365. The standard InChI is InChI=1S/C22H38O2/c1-19(2)10-7-11-20(3)12-8-13-21(4)14-9-15-22(5)16-17-24-18-23-6/h10,12,14,16H,7-9,11,13,15,17-18H2,1-6H3/b20-12+,21-14+,22-16+. The van der Waals surface area contributed by atoms with E-state index < -0.39 is 0 Å². The van der Waals surface area contributed by atoms with Crippen LogP contribution < -0.4 is 0 Å². The van der Waals surface area contributed by atoms with E-state index in [9.17, 15) is 0 Å². The van der Waals surface area contributed by atoms with Crippen LogP contribution in [0.3, 0.4) is 0 Å². The lowest BCUT2D eigenvalue weighted by Gasteiger charge is -2.03. The molecule has 0 bridgehead atoms. The molecule has 0 saturated heterocycles. The first-order valence-electron chi connectivity index (χ1n) is 9.12. The molecule has 0 aliphatic rings. The largest absolute Gasteiger partial charge is 0.359 e. The van der Waals surface area contributed by atoms with Gasteiger partial charge in [0.05, 0.1) is 6.61 Å². The summed E-state index contributed by atoms with van der Waals surface area (Å²) >= 11 is 0. The Morgan fingerprint density at radius 3 is 1.58 bits per heavy atom. The zero-order valence-electron chi connectivity index (χ0n) is 16.8. The van der Waals surface area contributed by atoms with E-state index in [0.29, 0.717) is 13.4 Å². The van der Waals surface area contributed by atoms with Crippen molar-refractivity contribution < 1.29 is 9.47 Å². The van der Waals surface area contributed by atoms with Crippen LogP contribution in [0.4, 0.5) is 0 Å². The summed E-state index contributed by atoms with van der Waals surface area (Å²) in [4.78, 5) is 0. The van der Waals surface area contributed by atoms with E-state index >= 15 is 0 Å². The van der Waals surface area contributed by atoms with Crippen LogP contribution in [-0.2, 0) is 9.47 Å². The van der Waals surface area contributed by atoms with Gasteiger partial charge >= 0.3 is 0 Å². The zero-order chi connectivity index (χ0) is 18.2. The van der Waals surface area contributed by atoms with Crippen LogP contribution in [0.2, 0.25) is 0 Å². The van der Waals surface area contributed by atoms with Crippen molar-refractivity contribution >= 4 is 0 Å².